The van der Waals surface area contributed by atoms with E-state index in [4.69, 9.17) is 9.47 Å². The number of benzene rings is 2. The molecule has 0 atom stereocenters. The van der Waals surface area contributed by atoms with Gasteiger partial charge in [-0.1, -0.05) is 12.1 Å². The highest BCUT2D eigenvalue weighted by Crippen LogP contribution is 2.14. The fraction of sp³-hybridized carbons (Fsp3) is 0.217. The Kier molecular flexibility index (Phi) is 6.16. The summed E-state index contributed by atoms with van der Waals surface area (Å²) in [6.07, 6.45) is 3.97. The quantitative estimate of drug-likeness (QED) is 0.457. The van der Waals surface area contributed by atoms with Crippen molar-refractivity contribution in [1.82, 2.24) is 24.5 Å². The molecule has 0 unspecified atom stereocenters. The first-order valence-electron chi connectivity index (χ1n) is 10.1. The van der Waals surface area contributed by atoms with Gasteiger partial charge in [0.15, 0.2) is 0 Å². The van der Waals surface area contributed by atoms with Crippen molar-refractivity contribution in [2.24, 2.45) is 0 Å². The van der Waals surface area contributed by atoms with Gasteiger partial charge in [0.25, 0.3) is 0 Å². The average molecular weight is 433 g/mol. The third kappa shape index (κ3) is 4.46. The molecule has 0 bridgehead atoms. The minimum absolute atomic E-state index is 0.115. The lowest BCUT2D eigenvalue weighted by molar-refractivity contribution is -0.121. The molecular weight excluding hydrogens is 410 g/mol. The van der Waals surface area contributed by atoms with Crippen LogP contribution in [0.2, 0.25) is 0 Å². The Morgan fingerprint density at radius 1 is 1.00 bits per heavy atom. The predicted molar refractivity (Wildman–Crippen MR) is 118 cm³/mol. The molecule has 2 aromatic heterocycles. The number of nitrogens with zero attached hydrogens (tertiary/aromatic N) is 4. The van der Waals surface area contributed by atoms with Gasteiger partial charge in [-0.25, -0.2) is 0 Å². The Balaban J connectivity index is 1.43. The summed E-state index contributed by atoms with van der Waals surface area (Å²) in [6.45, 7) is 0.406. The molecule has 2 aromatic carbocycles. The maximum absolute atomic E-state index is 12.9. The van der Waals surface area contributed by atoms with E-state index in [-0.39, 0.29) is 23.5 Å². The fourth-order valence-electron chi connectivity index (χ4n) is 3.35. The van der Waals surface area contributed by atoms with Crippen LogP contribution in [0, 0.1) is 0 Å². The lowest BCUT2D eigenvalue weighted by atomic mass is 10.2. The molecule has 0 aliphatic rings. The highest BCUT2D eigenvalue weighted by atomic mass is 16.5. The molecule has 0 saturated heterocycles. The Morgan fingerprint density at radius 3 is 2.53 bits per heavy atom. The second-order valence-corrected chi connectivity index (χ2v) is 7.11. The number of hydrogen-bond donors (Lipinski definition) is 1. The van der Waals surface area contributed by atoms with Crippen molar-refractivity contribution in [3.8, 4) is 17.2 Å². The van der Waals surface area contributed by atoms with Crippen LogP contribution in [0.5, 0.6) is 11.5 Å². The molecule has 0 radical (unpaired) electrons. The molecule has 4 rings (SSSR count). The summed E-state index contributed by atoms with van der Waals surface area (Å²) < 4.78 is 13.5. The molecule has 4 aromatic rings. The van der Waals surface area contributed by atoms with E-state index in [0.717, 1.165) is 11.3 Å². The molecule has 0 aliphatic carbocycles. The number of ether oxygens (including phenoxy) is 2. The van der Waals surface area contributed by atoms with Crippen LogP contribution in [0.3, 0.4) is 0 Å². The van der Waals surface area contributed by atoms with Crippen molar-refractivity contribution >= 4 is 11.6 Å². The Hall–Kier alpha value is -4.14. The van der Waals surface area contributed by atoms with Crippen molar-refractivity contribution in [2.45, 2.75) is 19.4 Å². The van der Waals surface area contributed by atoms with Gasteiger partial charge in [0, 0.05) is 37.5 Å². The van der Waals surface area contributed by atoms with E-state index in [1.54, 1.807) is 55.3 Å². The number of aryl methyl sites for hydroxylation is 1. The lowest BCUT2D eigenvalue weighted by Crippen LogP contribution is -2.23. The van der Waals surface area contributed by atoms with E-state index in [9.17, 15) is 9.59 Å². The lowest BCUT2D eigenvalue weighted by Gasteiger charge is -2.08. The van der Waals surface area contributed by atoms with E-state index >= 15 is 0 Å². The maximum Gasteiger partial charge on any atom is 0.300 e. The van der Waals surface area contributed by atoms with Crippen LogP contribution in [0.1, 0.15) is 17.8 Å². The SMILES string of the molecule is COc1ccc(-n2ccn3c(CCC(=O)NCc4cccc(OC)c4)nnc3c2=O)cc1. The highest BCUT2D eigenvalue weighted by molar-refractivity contribution is 5.76. The smallest absolute Gasteiger partial charge is 0.300 e. The number of rotatable bonds is 8. The molecule has 0 spiro atoms. The van der Waals surface area contributed by atoms with Crippen LogP contribution in [-0.2, 0) is 17.8 Å². The zero-order valence-electron chi connectivity index (χ0n) is 17.8. The molecule has 0 saturated carbocycles. The fourth-order valence-corrected chi connectivity index (χ4v) is 3.35. The Labute approximate surface area is 184 Å². The van der Waals surface area contributed by atoms with Crippen LogP contribution in [0.4, 0.5) is 0 Å². The van der Waals surface area contributed by atoms with Crippen molar-refractivity contribution in [1.29, 1.82) is 0 Å². The molecule has 32 heavy (non-hydrogen) atoms. The summed E-state index contributed by atoms with van der Waals surface area (Å²) in [5.74, 6) is 1.89. The van der Waals surface area contributed by atoms with E-state index in [0.29, 0.717) is 30.2 Å². The number of carbonyl (C=O) groups excluding carboxylic acids is 1. The highest BCUT2D eigenvalue weighted by Gasteiger charge is 2.13. The van der Waals surface area contributed by atoms with Gasteiger partial charge in [0.1, 0.15) is 17.3 Å². The largest absolute Gasteiger partial charge is 0.497 e. The summed E-state index contributed by atoms with van der Waals surface area (Å²) in [5, 5.41) is 11.0. The zero-order chi connectivity index (χ0) is 22.5. The Bertz CT molecular complexity index is 1290. The second kappa shape index (κ2) is 9.34. The van der Waals surface area contributed by atoms with Crippen LogP contribution in [0.25, 0.3) is 11.3 Å². The van der Waals surface area contributed by atoms with Crippen LogP contribution in [0.15, 0.2) is 65.7 Å². The van der Waals surface area contributed by atoms with E-state index in [2.05, 4.69) is 15.5 Å². The first kappa shape index (κ1) is 21.1. The molecule has 9 heteroatoms. The van der Waals surface area contributed by atoms with Gasteiger partial charge in [-0.15, -0.1) is 10.2 Å². The molecule has 0 aliphatic heterocycles. The Morgan fingerprint density at radius 2 is 1.78 bits per heavy atom. The summed E-state index contributed by atoms with van der Waals surface area (Å²) >= 11 is 0. The summed E-state index contributed by atoms with van der Waals surface area (Å²) in [7, 11) is 3.19. The van der Waals surface area contributed by atoms with Gasteiger partial charge in [-0.2, -0.15) is 0 Å². The monoisotopic (exact) mass is 433 g/mol. The first-order chi connectivity index (χ1) is 15.6. The second-order valence-electron chi connectivity index (χ2n) is 7.11. The van der Waals surface area contributed by atoms with Gasteiger partial charge in [0.05, 0.1) is 14.2 Å². The molecule has 2 heterocycles. The van der Waals surface area contributed by atoms with E-state index in [1.165, 1.54) is 4.57 Å². The number of amides is 1. The standard InChI is InChI=1S/C23H23N5O4/c1-31-18-8-6-17(7-9-18)27-12-13-28-20(25-26-22(28)23(27)30)10-11-21(29)24-15-16-4-3-5-19(14-16)32-2/h3-9,12-14H,10-11,15H2,1-2H3,(H,24,29). The van der Waals surface area contributed by atoms with E-state index < -0.39 is 0 Å². The van der Waals surface area contributed by atoms with Crippen molar-refractivity contribution in [3.05, 3.63) is 82.7 Å². The van der Waals surface area contributed by atoms with Gasteiger partial charge in [-0.3, -0.25) is 18.6 Å². The van der Waals surface area contributed by atoms with Gasteiger partial charge in [-0.05, 0) is 42.0 Å². The van der Waals surface area contributed by atoms with Gasteiger partial charge < -0.3 is 14.8 Å². The third-order valence-corrected chi connectivity index (χ3v) is 5.09. The van der Waals surface area contributed by atoms with Gasteiger partial charge in [0.2, 0.25) is 11.6 Å². The van der Waals surface area contributed by atoms with Crippen molar-refractivity contribution in [2.75, 3.05) is 14.2 Å². The normalized spacial score (nSPS) is 10.8. The third-order valence-electron chi connectivity index (χ3n) is 5.09. The minimum atomic E-state index is -0.293. The van der Waals surface area contributed by atoms with Crippen molar-refractivity contribution in [3.63, 3.8) is 0 Å². The van der Waals surface area contributed by atoms with Crippen molar-refractivity contribution < 1.29 is 14.3 Å². The molecule has 164 valence electrons. The van der Waals surface area contributed by atoms with Crippen LogP contribution >= 0.6 is 0 Å². The number of nitrogens with one attached hydrogen (secondary N) is 1. The number of aromatic nitrogens is 4. The van der Waals surface area contributed by atoms with Crippen LogP contribution < -0.4 is 20.3 Å². The number of fused-ring (bicyclic) bond motifs is 1. The van der Waals surface area contributed by atoms with Gasteiger partial charge >= 0.3 is 5.56 Å². The average Bonchev–Trinajstić information content (AvgIpc) is 3.26. The number of methoxy groups -OCH3 is 2. The minimum Gasteiger partial charge on any atom is -0.497 e. The summed E-state index contributed by atoms with van der Waals surface area (Å²) in [6, 6.07) is 14.7. The molecular formula is C23H23N5O4. The molecule has 9 nitrogen and oxygen atoms in total. The summed E-state index contributed by atoms with van der Waals surface area (Å²) in [5.41, 5.74) is 1.55. The topological polar surface area (TPSA) is 99.8 Å². The number of hydrogen-bond acceptors (Lipinski definition) is 6. The first-order valence-corrected chi connectivity index (χ1v) is 10.1. The molecule has 1 N–H and O–H groups in total. The molecule has 0 fully saturated rings. The molecule has 1 amide bonds. The summed E-state index contributed by atoms with van der Waals surface area (Å²) in [4.78, 5) is 25.1. The zero-order valence-corrected chi connectivity index (χ0v) is 17.8. The van der Waals surface area contributed by atoms with E-state index in [1.807, 2.05) is 24.3 Å². The van der Waals surface area contributed by atoms with Crippen LogP contribution in [-0.4, -0.2) is 39.3 Å². The maximum atomic E-state index is 12.9. The predicted octanol–water partition coefficient (Wildman–Crippen LogP) is 2.15. The number of carbonyl (C=O) groups is 1.